The van der Waals surface area contributed by atoms with E-state index in [1.165, 1.54) is 0 Å². The van der Waals surface area contributed by atoms with Crippen LogP contribution in [0.3, 0.4) is 0 Å². The fraction of sp³-hybridized carbons (Fsp3) is 0.533. The third-order valence-electron chi connectivity index (χ3n) is 3.60. The van der Waals surface area contributed by atoms with Gasteiger partial charge in [0.05, 0.1) is 25.3 Å². The fourth-order valence-electron chi connectivity index (χ4n) is 2.10. The molecule has 15 nitrogen and oxygen atoms in total. The fourth-order valence-corrected chi connectivity index (χ4v) is 2.27. The predicted octanol–water partition coefficient (Wildman–Crippen LogP) is -4.99. The second kappa shape index (κ2) is 13.0. The Bertz CT molecular complexity index is 746. The number of aliphatic carboxylic acids is 2. The Morgan fingerprint density at radius 3 is 1.48 bits per heavy atom. The first-order chi connectivity index (χ1) is 14.3. The number of amides is 5. The number of carboxylic acids is 2. The number of primary amides is 2. The SMILES string of the molecule is NC(=O)CC(NC(=O)C(CC(N)=O)NC(=O)C(CC(=O)O)NC(=O)C(N)CS)C(=O)O. The summed E-state index contributed by atoms with van der Waals surface area (Å²) >= 11 is 3.80. The average molecular weight is 464 g/mol. The Kier molecular flexibility index (Phi) is 11.6. The first-order valence-corrected chi connectivity index (χ1v) is 9.20. The first kappa shape index (κ1) is 27.6. The van der Waals surface area contributed by atoms with Crippen LogP contribution in [0.4, 0.5) is 0 Å². The van der Waals surface area contributed by atoms with Crippen molar-refractivity contribution in [3.63, 3.8) is 0 Å². The normalized spacial score (nSPS) is 14.3. The van der Waals surface area contributed by atoms with Gasteiger partial charge in [-0.3, -0.25) is 28.8 Å². The van der Waals surface area contributed by atoms with Crippen LogP contribution in [0.1, 0.15) is 19.3 Å². The van der Waals surface area contributed by atoms with Gasteiger partial charge in [0.15, 0.2) is 0 Å². The number of hydrogen-bond donors (Lipinski definition) is 9. The number of carboxylic acid groups (broad SMARTS) is 2. The highest BCUT2D eigenvalue weighted by atomic mass is 32.1. The van der Waals surface area contributed by atoms with Gasteiger partial charge in [0, 0.05) is 5.75 Å². The summed E-state index contributed by atoms with van der Waals surface area (Å²) in [6, 6.07) is -6.37. The molecule has 0 aromatic rings. The minimum absolute atomic E-state index is 0.115. The molecule has 0 spiro atoms. The molecular weight excluding hydrogens is 440 g/mol. The van der Waals surface area contributed by atoms with Gasteiger partial charge in [0.25, 0.3) is 0 Å². The quantitative estimate of drug-likeness (QED) is 0.110. The molecule has 174 valence electrons. The number of nitrogens with two attached hydrogens (primary N) is 3. The van der Waals surface area contributed by atoms with Crippen molar-refractivity contribution in [3.8, 4) is 0 Å². The lowest BCUT2D eigenvalue weighted by Crippen LogP contribution is -2.58. The monoisotopic (exact) mass is 464 g/mol. The highest BCUT2D eigenvalue weighted by Gasteiger charge is 2.32. The largest absolute Gasteiger partial charge is 0.481 e. The Morgan fingerprint density at radius 1 is 0.710 bits per heavy atom. The second-order valence-electron chi connectivity index (χ2n) is 6.25. The lowest BCUT2D eigenvalue weighted by Gasteiger charge is -2.23. The molecule has 5 amide bonds. The second-order valence-corrected chi connectivity index (χ2v) is 6.61. The van der Waals surface area contributed by atoms with E-state index >= 15 is 0 Å². The standard InChI is InChI=1S/C15H24N6O9S/c16-5(4-31)12(26)19-7(3-11(24)25)14(28)20-6(1-9(17)22)13(27)21-8(15(29)30)2-10(18)23/h5-8,31H,1-4,16H2,(H2,17,22)(H2,18,23)(H,19,26)(H,20,28)(H,21,27)(H,24,25)(H,29,30). The number of hydrogen-bond acceptors (Lipinski definition) is 9. The van der Waals surface area contributed by atoms with Crippen LogP contribution in [0.2, 0.25) is 0 Å². The van der Waals surface area contributed by atoms with E-state index in [2.05, 4.69) is 17.9 Å². The summed E-state index contributed by atoms with van der Waals surface area (Å²) in [6.45, 7) is 0. The van der Waals surface area contributed by atoms with E-state index in [-0.39, 0.29) is 5.75 Å². The van der Waals surface area contributed by atoms with E-state index in [1.807, 2.05) is 10.6 Å². The van der Waals surface area contributed by atoms with Gasteiger partial charge in [-0.2, -0.15) is 12.6 Å². The van der Waals surface area contributed by atoms with Crippen LogP contribution in [0, 0.1) is 0 Å². The van der Waals surface area contributed by atoms with E-state index in [1.54, 1.807) is 0 Å². The minimum Gasteiger partial charge on any atom is -0.481 e. The third-order valence-corrected chi connectivity index (χ3v) is 4.00. The predicted molar refractivity (Wildman–Crippen MR) is 105 cm³/mol. The molecule has 0 fully saturated rings. The smallest absolute Gasteiger partial charge is 0.326 e. The number of carbonyl (C=O) groups is 7. The lowest BCUT2D eigenvalue weighted by molar-refractivity contribution is -0.144. The molecule has 0 heterocycles. The molecule has 16 heteroatoms. The van der Waals surface area contributed by atoms with Crippen LogP contribution in [-0.4, -0.2) is 81.6 Å². The zero-order valence-electron chi connectivity index (χ0n) is 16.1. The van der Waals surface area contributed by atoms with Crippen molar-refractivity contribution in [1.29, 1.82) is 0 Å². The van der Waals surface area contributed by atoms with E-state index in [4.69, 9.17) is 27.4 Å². The van der Waals surface area contributed by atoms with Crippen molar-refractivity contribution in [2.45, 2.75) is 43.4 Å². The third kappa shape index (κ3) is 10.8. The van der Waals surface area contributed by atoms with Gasteiger partial charge in [0.1, 0.15) is 18.1 Å². The van der Waals surface area contributed by atoms with Gasteiger partial charge in [-0.15, -0.1) is 0 Å². The summed E-state index contributed by atoms with van der Waals surface area (Å²) in [6.07, 6.45) is -2.48. The van der Waals surface area contributed by atoms with Crippen LogP contribution in [0.25, 0.3) is 0 Å². The summed E-state index contributed by atoms with van der Waals surface area (Å²) in [7, 11) is 0. The van der Waals surface area contributed by atoms with Crippen LogP contribution in [0.15, 0.2) is 0 Å². The van der Waals surface area contributed by atoms with Crippen molar-refractivity contribution in [2.75, 3.05) is 5.75 Å². The zero-order chi connectivity index (χ0) is 24.3. The van der Waals surface area contributed by atoms with Crippen molar-refractivity contribution >= 4 is 54.1 Å². The van der Waals surface area contributed by atoms with E-state index in [9.17, 15) is 33.6 Å². The van der Waals surface area contributed by atoms with Crippen molar-refractivity contribution in [1.82, 2.24) is 16.0 Å². The summed E-state index contributed by atoms with van der Waals surface area (Å²) in [5.41, 5.74) is 15.4. The van der Waals surface area contributed by atoms with Crippen LogP contribution in [0.5, 0.6) is 0 Å². The molecule has 0 aliphatic carbocycles. The molecule has 0 aromatic heterocycles. The molecule has 0 radical (unpaired) electrons. The van der Waals surface area contributed by atoms with Crippen molar-refractivity contribution in [2.24, 2.45) is 17.2 Å². The van der Waals surface area contributed by atoms with Gasteiger partial charge in [-0.25, -0.2) is 4.79 Å². The van der Waals surface area contributed by atoms with Crippen LogP contribution in [-0.2, 0) is 33.6 Å². The van der Waals surface area contributed by atoms with Crippen molar-refractivity contribution < 1.29 is 43.8 Å². The van der Waals surface area contributed by atoms with Crippen molar-refractivity contribution in [3.05, 3.63) is 0 Å². The molecule has 11 N–H and O–H groups in total. The average Bonchev–Trinajstić information content (AvgIpc) is 2.64. The number of rotatable bonds is 14. The topological polar surface area (TPSA) is 274 Å². The summed E-state index contributed by atoms with van der Waals surface area (Å²) in [5.74, 6) is -8.64. The molecular formula is C15H24N6O9S. The molecule has 0 saturated carbocycles. The number of nitrogens with one attached hydrogen (secondary N) is 3. The Balaban J connectivity index is 5.53. The first-order valence-electron chi connectivity index (χ1n) is 8.57. The summed E-state index contributed by atoms with van der Waals surface area (Å²) in [4.78, 5) is 81.0. The highest BCUT2D eigenvalue weighted by Crippen LogP contribution is 2.01. The van der Waals surface area contributed by atoms with E-state index < -0.39 is 84.9 Å². The van der Waals surface area contributed by atoms with Crippen LogP contribution < -0.4 is 33.2 Å². The Labute approximate surface area is 180 Å². The maximum atomic E-state index is 12.4. The maximum absolute atomic E-state index is 12.4. The molecule has 0 aliphatic rings. The molecule has 0 rings (SSSR count). The number of thiol groups is 1. The number of carbonyl (C=O) groups excluding carboxylic acids is 5. The molecule has 0 bridgehead atoms. The molecule has 0 aromatic carbocycles. The van der Waals surface area contributed by atoms with Gasteiger partial charge >= 0.3 is 11.9 Å². The Morgan fingerprint density at radius 2 is 1.10 bits per heavy atom. The van der Waals surface area contributed by atoms with Gasteiger partial charge in [-0.1, -0.05) is 0 Å². The maximum Gasteiger partial charge on any atom is 0.326 e. The molecule has 0 aliphatic heterocycles. The van der Waals surface area contributed by atoms with Gasteiger partial charge < -0.3 is 43.4 Å². The molecule has 31 heavy (non-hydrogen) atoms. The lowest BCUT2D eigenvalue weighted by atomic mass is 10.1. The Hall–Kier alpha value is -3.40. The molecule has 4 unspecified atom stereocenters. The van der Waals surface area contributed by atoms with E-state index in [0.717, 1.165) is 0 Å². The zero-order valence-corrected chi connectivity index (χ0v) is 17.0. The van der Waals surface area contributed by atoms with E-state index in [0.29, 0.717) is 0 Å². The van der Waals surface area contributed by atoms with Gasteiger partial charge in [0.2, 0.25) is 29.5 Å². The summed E-state index contributed by atoms with van der Waals surface area (Å²) in [5, 5.41) is 24.0. The molecule has 0 saturated heterocycles. The highest BCUT2D eigenvalue weighted by molar-refractivity contribution is 7.80. The van der Waals surface area contributed by atoms with Crippen LogP contribution >= 0.6 is 12.6 Å². The summed E-state index contributed by atoms with van der Waals surface area (Å²) < 4.78 is 0. The van der Waals surface area contributed by atoms with Gasteiger partial charge in [-0.05, 0) is 0 Å². The molecule has 4 atom stereocenters. The minimum atomic E-state index is -1.76.